The summed E-state index contributed by atoms with van der Waals surface area (Å²) in [6, 6.07) is 17.3. The summed E-state index contributed by atoms with van der Waals surface area (Å²) in [6.07, 6.45) is 0. The highest BCUT2D eigenvalue weighted by atomic mass is 79.9. The molecule has 0 aliphatic heterocycles. The molecule has 10 heteroatoms. The smallest absolute Gasteiger partial charge is 0.229 e. The van der Waals surface area contributed by atoms with E-state index in [1.54, 1.807) is 42.5 Å². The van der Waals surface area contributed by atoms with Gasteiger partial charge in [0.1, 0.15) is 5.75 Å². The number of Topliss-reactive ketones (excluding diaryl/α,β-unsaturated/α-hetero) is 1. The fourth-order valence-electron chi connectivity index (χ4n) is 2.57. The maximum Gasteiger partial charge on any atom is 0.229 e. The van der Waals surface area contributed by atoms with E-state index in [2.05, 4.69) is 58.3 Å². The minimum Gasteiger partial charge on any atom is -0.497 e. The Morgan fingerprint density at radius 2 is 1.52 bits per heavy atom. The highest BCUT2D eigenvalue weighted by Gasteiger charge is 2.30. The number of ether oxygens (including phenoxy) is 1. The minimum absolute atomic E-state index is 0.0358. The van der Waals surface area contributed by atoms with E-state index >= 15 is 0 Å². The molecule has 3 aromatic rings. The number of methoxy groups -OCH3 is 1. The lowest BCUT2D eigenvalue weighted by atomic mass is 10.1. The van der Waals surface area contributed by atoms with Gasteiger partial charge in [0.05, 0.1) is 17.7 Å². The molecular formula is C21H15Br3N2O4S. The summed E-state index contributed by atoms with van der Waals surface area (Å²) in [5, 5.41) is 3.40. The number of nitrogens with zero attached hydrogens (tertiary/aromatic N) is 1. The topological polar surface area (TPSA) is 84.8 Å². The van der Waals surface area contributed by atoms with Crippen molar-refractivity contribution in [2.24, 2.45) is 5.10 Å². The molecule has 31 heavy (non-hydrogen) atoms. The molecule has 0 aliphatic rings. The van der Waals surface area contributed by atoms with E-state index < -0.39 is 20.7 Å². The molecule has 1 N–H and O–H groups in total. The number of anilines is 1. The monoisotopic (exact) mass is 628 g/mol. The molecule has 0 fully saturated rings. The van der Waals surface area contributed by atoms with Crippen molar-refractivity contribution in [3.8, 4) is 5.75 Å². The number of nitrogens with one attached hydrogen (secondary N) is 1. The number of hydrogen-bond donors (Lipinski definition) is 1. The zero-order chi connectivity index (χ0) is 22.6. The largest absolute Gasteiger partial charge is 0.497 e. The number of benzene rings is 3. The van der Waals surface area contributed by atoms with Crippen molar-refractivity contribution in [2.75, 3.05) is 12.5 Å². The molecule has 6 nitrogen and oxygen atoms in total. The Labute approximate surface area is 205 Å². The quantitative estimate of drug-likeness (QED) is 0.155. The van der Waals surface area contributed by atoms with Crippen LogP contribution in [0.15, 0.2) is 90.1 Å². The first-order valence-electron chi connectivity index (χ1n) is 8.71. The van der Waals surface area contributed by atoms with E-state index in [-0.39, 0.29) is 10.5 Å². The molecule has 3 aromatic carbocycles. The van der Waals surface area contributed by atoms with Crippen molar-refractivity contribution in [1.29, 1.82) is 0 Å². The first kappa shape index (κ1) is 23.6. The van der Waals surface area contributed by atoms with Crippen molar-refractivity contribution in [2.45, 2.75) is 4.90 Å². The Morgan fingerprint density at radius 3 is 2.06 bits per heavy atom. The summed E-state index contributed by atoms with van der Waals surface area (Å²) < 4.78 is 33.7. The van der Waals surface area contributed by atoms with Crippen LogP contribution in [0.5, 0.6) is 5.75 Å². The molecule has 160 valence electrons. The predicted molar refractivity (Wildman–Crippen MR) is 132 cm³/mol. The summed E-state index contributed by atoms with van der Waals surface area (Å²) in [5.74, 6) is -0.204. The molecule has 0 saturated heterocycles. The Morgan fingerprint density at radius 1 is 0.935 bits per heavy atom. The van der Waals surface area contributed by atoms with Gasteiger partial charge in [0, 0.05) is 19.0 Å². The van der Waals surface area contributed by atoms with Crippen LogP contribution >= 0.6 is 47.8 Å². The van der Waals surface area contributed by atoms with Crippen LogP contribution in [0, 0.1) is 0 Å². The average molecular weight is 631 g/mol. The van der Waals surface area contributed by atoms with Crippen LogP contribution < -0.4 is 10.2 Å². The molecule has 0 spiro atoms. The van der Waals surface area contributed by atoms with Crippen LogP contribution in [0.1, 0.15) is 10.4 Å². The average Bonchev–Trinajstić information content (AvgIpc) is 2.75. The molecular weight excluding hydrogens is 616 g/mol. The highest BCUT2D eigenvalue weighted by Crippen LogP contribution is 2.34. The second-order valence-electron chi connectivity index (χ2n) is 6.15. The Bertz CT molecular complexity index is 1220. The van der Waals surface area contributed by atoms with Gasteiger partial charge in [0.2, 0.25) is 20.7 Å². The number of ketones is 1. The van der Waals surface area contributed by atoms with Crippen LogP contribution in [0.2, 0.25) is 0 Å². The number of sulfone groups is 1. The lowest BCUT2D eigenvalue weighted by Gasteiger charge is -2.11. The van der Waals surface area contributed by atoms with Gasteiger partial charge in [0.15, 0.2) is 0 Å². The fraction of sp³-hybridized carbons (Fsp3) is 0.0476. The molecule has 0 heterocycles. The standard InChI is InChI=1S/C21H15Br3N2O4S/c1-30-15-9-7-13(8-10-15)20(27)21(31(28,29)16-5-3-2-4-6-16)26-25-19-17(23)11-14(22)12-18(19)24/h2-12,25H,1H3/b26-21+. The van der Waals surface area contributed by atoms with Crippen LogP contribution in [-0.2, 0) is 9.84 Å². The minimum atomic E-state index is -4.20. The predicted octanol–water partition coefficient (Wildman–Crippen LogP) is 6.06. The SMILES string of the molecule is COc1ccc(C(=O)/C(=N\Nc2c(Br)cc(Br)cc2Br)S(=O)(=O)c2ccccc2)cc1. The maximum absolute atomic E-state index is 13.3. The molecule has 0 bridgehead atoms. The third-order valence-electron chi connectivity index (χ3n) is 4.13. The van der Waals surface area contributed by atoms with Gasteiger partial charge in [-0.15, -0.1) is 0 Å². The van der Waals surface area contributed by atoms with Gasteiger partial charge in [-0.2, -0.15) is 5.10 Å². The molecule has 0 unspecified atom stereocenters. The Kier molecular flexibility index (Phi) is 7.68. The van der Waals surface area contributed by atoms with Crippen molar-refractivity contribution in [1.82, 2.24) is 0 Å². The van der Waals surface area contributed by atoms with Gasteiger partial charge in [-0.3, -0.25) is 10.2 Å². The van der Waals surface area contributed by atoms with Crippen molar-refractivity contribution in [3.05, 3.63) is 85.7 Å². The Balaban J connectivity index is 2.10. The van der Waals surface area contributed by atoms with E-state index in [1.165, 1.54) is 31.4 Å². The summed E-state index contributed by atoms with van der Waals surface area (Å²) in [7, 11) is -2.70. The normalized spacial score (nSPS) is 11.8. The number of hydrogen-bond acceptors (Lipinski definition) is 6. The summed E-state index contributed by atoms with van der Waals surface area (Å²) in [6.45, 7) is 0. The van der Waals surface area contributed by atoms with Crippen LogP contribution in [0.4, 0.5) is 5.69 Å². The Hall–Kier alpha value is -2.01. The van der Waals surface area contributed by atoms with Crippen LogP contribution in [0.3, 0.4) is 0 Å². The molecule has 0 aliphatic carbocycles. The van der Waals surface area contributed by atoms with Crippen molar-refractivity contribution >= 4 is 74.1 Å². The summed E-state index contributed by atoms with van der Waals surface area (Å²) in [4.78, 5) is 13.2. The molecule has 0 saturated carbocycles. The van der Waals surface area contributed by atoms with Crippen LogP contribution in [-0.4, -0.2) is 26.4 Å². The zero-order valence-electron chi connectivity index (χ0n) is 16.0. The fourth-order valence-corrected chi connectivity index (χ4v) is 6.27. The van der Waals surface area contributed by atoms with Gasteiger partial charge in [-0.25, -0.2) is 8.42 Å². The van der Waals surface area contributed by atoms with Crippen molar-refractivity contribution in [3.63, 3.8) is 0 Å². The van der Waals surface area contributed by atoms with E-state index in [0.717, 1.165) is 4.47 Å². The number of halogens is 3. The molecule has 0 amide bonds. The van der Waals surface area contributed by atoms with Gasteiger partial charge in [0.25, 0.3) is 0 Å². The second kappa shape index (κ2) is 10.1. The van der Waals surface area contributed by atoms with Gasteiger partial charge in [-0.1, -0.05) is 34.1 Å². The molecule has 0 aromatic heterocycles. The number of carbonyl (C=O) groups is 1. The van der Waals surface area contributed by atoms with Crippen molar-refractivity contribution < 1.29 is 17.9 Å². The van der Waals surface area contributed by atoms with E-state index in [9.17, 15) is 13.2 Å². The summed E-state index contributed by atoms with van der Waals surface area (Å²) in [5.41, 5.74) is 3.33. The second-order valence-corrected chi connectivity index (χ2v) is 10.6. The van der Waals surface area contributed by atoms with E-state index in [0.29, 0.717) is 20.4 Å². The van der Waals surface area contributed by atoms with Gasteiger partial charge >= 0.3 is 0 Å². The number of hydrazone groups is 1. The maximum atomic E-state index is 13.3. The van der Waals surface area contributed by atoms with Crippen LogP contribution in [0.25, 0.3) is 0 Å². The third kappa shape index (κ3) is 5.43. The first-order chi connectivity index (χ1) is 14.7. The lowest BCUT2D eigenvalue weighted by molar-refractivity contribution is 0.106. The third-order valence-corrected chi connectivity index (χ3v) is 7.52. The molecule has 0 atom stereocenters. The summed E-state index contributed by atoms with van der Waals surface area (Å²) >= 11 is 10.2. The van der Waals surface area contributed by atoms with Gasteiger partial charge < -0.3 is 4.74 Å². The number of carbonyl (C=O) groups excluding carboxylic acids is 1. The molecule has 0 radical (unpaired) electrons. The highest BCUT2D eigenvalue weighted by molar-refractivity contribution is 9.11. The zero-order valence-corrected chi connectivity index (χ0v) is 21.5. The van der Waals surface area contributed by atoms with E-state index in [1.807, 2.05) is 0 Å². The van der Waals surface area contributed by atoms with Gasteiger partial charge in [-0.05, 0) is 80.4 Å². The lowest BCUT2D eigenvalue weighted by Crippen LogP contribution is -2.26. The molecule has 3 rings (SSSR count). The number of rotatable bonds is 6. The first-order valence-corrected chi connectivity index (χ1v) is 12.6. The van der Waals surface area contributed by atoms with E-state index in [4.69, 9.17) is 4.74 Å².